The number of aromatic nitrogens is 3. The molecular formula is C24H21N5OS3. The van der Waals surface area contributed by atoms with Crippen LogP contribution in [0.1, 0.15) is 46.8 Å². The Kier molecular flexibility index (Phi) is 5.61. The van der Waals surface area contributed by atoms with Gasteiger partial charge in [-0.25, -0.2) is 5.01 Å². The number of nitrogens with zero attached hydrogens (tertiary/aromatic N) is 5. The Bertz CT molecular complexity index is 1280. The predicted octanol–water partition coefficient (Wildman–Crippen LogP) is 5.74. The van der Waals surface area contributed by atoms with E-state index in [0.29, 0.717) is 5.92 Å². The highest BCUT2D eigenvalue weighted by Gasteiger charge is 2.35. The highest BCUT2D eigenvalue weighted by Crippen LogP contribution is 2.41. The number of hydrogen-bond donors (Lipinski definition) is 0. The first kappa shape index (κ1) is 20.8. The second-order valence-electron chi connectivity index (χ2n) is 8.07. The zero-order chi connectivity index (χ0) is 22.2. The summed E-state index contributed by atoms with van der Waals surface area (Å²) in [6.07, 6.45) is 3.03. The Labute approximate surface area is 204 Å². The molecule has 6 nitrogen and oxygen atoms in total. The fourth-order valence-corrected chi connectivity index (χ4v) is 6.37. The Balaban J connectivity index is 1.25. The lowest BCUT2D eigenvalue weighted by Gasteiger charge is -2.20. The lowest BCUT2D eigenvalue weighted by molar-refractivity contribution is -0.130. The number of benzene rings is 1. The van der Waals surface area contributed by atoms with Crippen molar-refractivity contribution in [1.82, 2.24) is 19.8 Å². The summed E-state index contributed by atoms with van der Waals surface area (Å²) in [5.74, 6) is 1.70. The van der Waals surface area contributed by atoms with Crippen molar-refractivity contribution < 1.29 is 4.79 Å². The van der Waals surface area contributed by atoms with Gasteiger partial charge in [0.15, 0.2) is 5.16 Å². The average Bonchev–Trinajstić information content (AvgIpc) is 3.34. The van der Waals surface area contributed by atoms with Gasteiger partial charge in [-0.2, -0.15) is 5.10 Å². The monoisotopic (exact) mass is 491 g/mol. The first-order valence-corrected chi connectivity index (χ1v) is 13.6. The van der Waals surface area contributed by atoms with Gasteiger partial charge in [-0.1, -0.05) is 42.1 Å². The molecule has 9 heteroatoms. The minimum Gasteiger partial charge on any atom is -0.274 e. The number of thioether (sulfide) groups is 1. The molecule has 0 unspecified atom stereocenters. The molecule has 1 amide bonds. The quantitative estimate of drug-likeness (QED) is 0.309. The van der Waals surface area contributed by atoms with Gasteiger partial charge in [0.1, 0.15) is 5.82 Å². The number of amides is 1. The van der Waals surface area contributed by atoms with Crippen LogP contribution < -0.4 is 0 Å². The maximum atomic E-state index is 13.4. The van der Waals surface area contributed by atoms with E-state index in [4.69, 9.17) is 5.10 Å². The summed E-state index contributed by atoms with van der Waals surface area (Å²) in [6, 6.07) is 18.3. The van der Waals surface area contributed by atoms with E-state index in [0.717, 1.165) is 51.4 Å². The zero-order valence-electron chi connectivity index (χ0n) is 17.7. The van der Waals surface area contributed by atoms with Crippen molar-refractivity contribution in [1.29, 1.82) is 0 Å². The van der Waals surface area contributed by atoms with Gasteiger partial charge in [0.2, 0.25) is 0 Å². The van der Waals surface area contributed by atoms with Crippen LogP contribution in [0.2, 0.25) is 0 Å². The smallest absolute Gasteiger partial charge is 0.253 e. The molecule has 1 aliphatic heterocycles. The lowest BCUT2D eigenvalue weighted by atomic mass is 10.1. The van der Waals surface area contributed by atoms with Crippen molar-refractivity contribution in [2.75, 3.05) is 5.75 Å². The second kappa shape index (κ2) is 8.89. The van der Waals surface area contributed by atoms with Crippen LogP contribution in [0.3, 0.4) is 0 Å². The number of carbonyl (C=O) groups excluding carboxylic acids is 1. The predicted molar refractivity (Wildman–Crippen MR) is 133 cm³/mol. The summed E-state index contributed by atoms with van der Waals surface area (Å²) in [4.78, 5) is 15.7. The van der Waals surface area contributed by atoms with Crippen molar-refractivity contribution in [3.05, 3.63) is 80.9 Å². The van der Waals surface area contributed by atoms with Crippen LogP contribution in [0.25, 0.3) is 5.69 Å². The molecule has 1 saturated carbocycles. The Morgan fingerprint density at radius 2 is 1.82 bits per heavy atom. The lowest BCUT2D eigenvalue weighted by Crippen LogP contribution is -2.28. The molecule has 166 valence electrons. The van der Waals surface area contributed by atoms with Crippen LogP contribution >= 0.6 is 34.4 Å². The van der Waals surface area contributed by atoms with Gasteiger partial charge >= 0.3 is 0 Å². The molecule has 2 aliphatic rings. The third-order valence-corrected chi connectivity index (χ3v) is 8.59. The largest absolute Gasteiger partial charge is 0.274 e. The average molecular weight is 492 g/mol. The Morgan fingerprint density at radius 1 is 1.00 bits per heavy atom. The maximum absolute atomic E-state index is 13.4. The molecule has 1 aliphatic carbocycles. The SMILES string of the molecule is O=C(CSc1nnc(C2CC2)n1-c1ccccc1)N1N=C(c2cccs2)C[C@H]1c1cccs1. The summed E-state index contributed by atoms with van der Waals surface area (Å²) in [7, 11) is 0. The van der Waals surface area contributed by atoms with Gasteiger partial charge in [0, 0.05) is 22.9 Å². The molecule has 6 rings (SSSR count). The van der Waals surface area contributed by atoms with Crippen molar-refractivity contribution in [3.8, 4) is 5.69 Å². The van der Waals surface area contributed by atoms with Gasteiger partial charge in [0.25, 0.3) is 5.91 Å². The van der Waals surface area contributed by atoms with E-state index in [1.165, 1.54) is 11.8 Å². The molecule has 0 radical (unpaired) electrons. The number of thiophene rings is 2. The molecule has 4 aromatic rings. The number of carbonyl (C=O) groups is 1. The minimum atomic E-state index is -0.0516. The molecule has 0 bridgehead atoms. The number of para-hydroxylation sites is 1. The van der Waals surface area contributed by atoms with Crippen LogP contribution in [-0.4, -0.2) is 37.1 Å². The Hall–Kier alpha value is -2.75. The number of hydrogen-bond acceptors (Lipinski definition) is 7. The van der Waals surface area contributed by atoms with E-state index >= 15 is 0 Å². The number of hydrazone groups is 1. The van der Waals surface area contributed by atoms with Gasteiger partial charge in [0.05, 0.1) is 22.4 Å². The van der Waals surface area contributed by atoms with Crippen molar-refractivity contribution in [2.45, 2.75) is 36.4 Å². The van der Waals surface area contributed by atoms with Crippen molar-refractivity contribution >= 4 is 46.1 Å². The van der Waals surface area contributed by atoms with E-state index in [1.54, 1.807) is 27.7 Å². The standard InChI is InChI=1S/C24H21N5OS3/c30-22(29-19(21-9-5-13-32-21)14-18(27-29)20-8-4-12-31-20)15-33-24-26-25-23(16-10-11-16)28(24)17-6-2-1-3-7-17/h1-9,12-13,16,19H,10-11,14-15H2/t19-/m0/s1. The van der Waals surface area contributed by atoms with Crippen molar-refractivity contribution in [3.63, 3.8) is 0 Å². The van der Waals surface area contributed by atoms with Crippen LogP contribution in [0.4, 0.5) is 0 Å². The first-order valence-electron chi connectivity index (χ1n) is 10.9. The van der Waals surface area contributed by atoms with Crippen LogP contribution in [0.5, 0.6) is 0 Å². The molecule has 1 atom stereocenters. The second-order valence-corrected chi connectivity index (χ2v) is 10.9. The molecule has 33 heavy (non-hydrogen) atoms. The summed E-state index contributed by atoms with van der Waals surface area (Å²) in [5, 5.41) is 20.2. The summed E-state index contributed by atoms with van der Waals surface area (Å²) in [5.41, 5.74) is 2.01. The minimum absolute atomic E-state index is 0.0134. The molecule has 0 spiro atoms. The van der Waals surface area contributed by atoms with E-state index in [9.17, 15) is 4.79 Å². The van der Waals surface area contributed by atoms with E-state index in [2.05, 4.69) is 44.4 Å². The fraction of sp³-hybridized carbons (Fsp3) is 0.250. The molecule has 1 fully saturated rings. The zero-order valence-corrected chi connectivity index (χ0v) is 20.2. The van der Waals surface area contributed by atoms with Gasteiger partial charge in [-0.05, 0) is 47.9 Å². The summed E-state index contributed by atoms with van der Waals surface area (Å²) in [6.45, 7) is 0. The van der Waals surface area contributed by atoms with Crippen LogP contribution in [-0.2, 0) is 4.79 Å². The summed E-state index contributed by atoms with van der Waals surface area (Å²) >= 11 is 4.77. The van der Waals surface area contributed by atoms with Gasteiger partial charge < -0.3 is 0 Å². The topological polar surface area (TPSA) is 63.4 Å². The highest BCUT2D eigenvalue weighted by molar-refractivity contribution is 7.99. The Morgan fingerprint density at radius 3 is 2.55 bits per heavy atom. The molecule has 0 saturated heterocycles. The van der Waals surface area contributed by atoms with Crippen LogP contribution in [0.15, 0.2) is 75.6 Å². The van der Waals surface area contributed by atoms with E-state index in [1.807, 2.05) is 35.7 Å². The van der Waals surface area contributed by atoms with E-state index in [-0.39, 0.29) is 17.7 Å². The summed E-state index contributed by atoms with van der Waals surface area (Å²) < 4.78 is 2.11. The molecule has 0 N–H and O–H groups in total. The van der Waals surface area contributed by atoms with Gasteiger partial charge in [-0.3, -0.25) is 9.36 Å². The third-order valence-electron chi connectivity index (χ3n) is 5.78. The van der Waals surface area contributed by atoms with Crippen LogP contribution in [0, 0.1) is 0 Å². The fourth-order valence-electron chi connectivity index (χ4n) is 4.03. The molecule has 4 heterocycles. The van der Waals surface area contributed by atoms with Gasteiger partial charge in [-0.15, -0.1) is 32.9 Å². The maximum Gasteiger partial charge on any atom is 0.253 e. The first-order chi connectivity index (χ1) is 16.3. The molecule has 3 aromatic heterocycles. The van der Waals surface area contributed by atoms with Crippen molar-refractivity contribution in [2.24, 2.45) is 5.10 Å². The molecular weight excluding hydrogens is 470 g/mol. The highest BCUT2D eigenvalue weighted by atomic mass is 32.2. The number of rotatable bonds is 7. The third kappa shape index (κ3) is 4.16. The normalized spacial score (nSPS) is 18.0. The molecule has 1 aromatic carbocycles. The van der Waals surface area contributed by atoms with E-state index < -0.39 is 0 Å².